The average Bonchev–Trinajstić information content (AvgIpc) is 2.96. The number of aliphatic hydroxyl groups excluding tert-OH is 1. The van der Waals surface area contributed by atoms with Crippen LogP contribution in [-0.4, -0.2) is 72.3 Å². The molecule has 2 fully saturated rings. The molecule has 0 spiro atoms. The molecule has 2 saturated heterocycles. The van der Waals surface area contributed by atoms with Gasteiger partial charge >= 0.3 is 0 Å². The van der Waals surface area contributed by atoms with Crippen LogP contribution in [0.5, 0.6) is 0 Å². The number of rotatable bonds is 6. The van der Waals surface area contributed by atoms with E-state index < -0.39 is 0 Å². The number of hydrogen-bond donors (Lipinski definition) is 2. The van der Waals surface area contributed by atoms with Crippen molar-refractivity contribution in [1.29, 1.82) is 0 Å². The quantitative estimate of drug-likeness (QED) is 0.484. The van der Waals surface area contributed by atoms with Gasteiger partial charge in [-0.1, -0.05) is 30.3 Å². The number of aromatic nitrogens is 1. The molecule has 2 aliphatic rings. The molecular formula is C32H41N5O2. The van der Waals surface area contributed by atoms with Crippen LogP contribution in [0.3, 0.4) is 0 Å². The standard InChI is InChI=1S/C32H41N5O2/c1-22-10-11-29(33-19-22)35-14-12-26(13-15-35)34-31-24(3)18-23(2)30(25(31)4)32(39)36-16-17-37(28(20-36)21-38)27-8-6-5-7-9-27/h5-11,18-19,26,28,34,38H,12-17,20-21H2,1-4H3/t28-/m0/s1. The molecule has 2 aliphatic heterocycles. The van der Waals surface area contributed by atoms with Crippen molar-refractivity contribution in [2.24, 2.45) is 0 Å². The first-order chi connectivity index (χ1) is 18.9. The SMILES string of the molecule is Cc1ccc(N2CCC(Nc3c(C)cc(C)c(C(=O)N4CCN(c5ccccc5)[C@H](CO)C4)c3C)CC2)nc1. The zero-order valence-electron chi connectivity index (χ0n) is 23.7. The van der Waals surface area contributed by atoms with Crippen molar-refractivity contribution >= 4 is 23.1 Å². The van der Waals surface area contributed by atoms with Crippen molar-refractivity contribution in [3.63, 3.8) is 0 Å². The van der Waals surface area contributed by atoms with Crippen molar-refractivity contribution in [1.82, 2.24) is 9.88 Å². The molecule has 206 valence electrons. The molecule has 2 aromatic carbocycles. The molecule has 2 N–H and O–H groups in total. The lowest BCUT2D eigenvalue weighted by Gasteiger charge is -2.42. The van der Waals surface area contributed by atoms with Crippen molar-refractivity contribution in [3.8, 4) is 0 Å². The van der Waals surface area contributed by atoms with Crippen molar-refractivity contribution in [2.45, 2.75) is 52.6 Å². The normalized spacial score (nSPS) is 18.4. The summed E-state index contributed by atoms with van der Waals surface area (Å²) in [6.07, 6.45) is 3.97. The second-order valence-electron chi connectivity index (χ2n) is 11.1. The van der Waals surface area contributed by atoms with Gasteiger partial charge in [-0.25, -0.2) is 4.98 Å². The predicted octanol–water partition coefficient (Wildman–Crippen LogP) is 4.72. The number of carbonyl (C=O) groups is 1. The molecule has 5 rings (SSSR count). The Labute approximate surface area is 232 Å². The van der Waals surface area contributed by atoms with Crippen LogP contribution in [0.25, 0.3) is 0 Å². The maximum atomic E-state index is 13.9. The zero-order chi connectivity index (χ0) is 27.5. The summed E-state index contributed by atoms with van der Waals surface area (Å²) < 4.78 is 0. The average molecular weight is 528 g/mol. The van der Waals surface area contributed by atoms with Gasteiger partial charge in [-0.2, -0.15) is 0 Å². The number of piperazine rings is 1. The first-order valence-electron chi connectivity index (χ1n) is 14.1. The maximum Gasteiger partial charge on any atom is 0.254 e. The Balaban J connectivity index is 1.29. The van der Waals surface area contributed by atoms with Crippen LogP contribution in [0.2, 0.25) is 0 Å². The number of amides is 1. The number of piperidine rings is 1. The van der Waals surface area contributed by atoms with Gasteiger partial charge in [0.25, 0.3) is 5.91 Å². The third-order valence-electron chi connectivity index (χ3n) is 8.32. The Morgan fingerprint density at radius 3 is 2.38 bits per heavy atom. The van der Waals surface area contributed by atoms with Gasteiger partial charge in [-0.15, -0.1) is 0 Å². The van der Waals surface area contributed by atoms with E-state index >= 15 is 0 Å². The summed E-state index contributed by atoms with van der Waals surface area (Å²) in [7, 11) is 0. The van der Waals surface area contributed by atoms with E-state index in [1.165, 1.54) is 11.1 Å². The monoisotopic (exact) mass is 527 g/mol. The van der Waals surface area contributed by atoms with Gasteiger partial charge in [0.2, 0.25) is 0 Å². The van der Waals surface area contributed by atoms with E-state index in [1.54, 1.807) is 0 Å². The highest BCUT2D eigenvalue weighted by Gasteiger charge is 2.32. The van der Waals surface area contributed by atoms with Gasteiger partial charge in [0.15, 0.2) is 0 Å². The Hall–Kier alpha value is -3.58. The molecule has 1 atom stereocenters. The lowest BCUT2D eigenvalue weighted by Crippen LogP contribution is -2.56. The molecule has 0 bridgehead atoms. The van der Waals surface area contributed by atoms with E-state index in [-0.39, 0.29) is 18.6 Å². The molecule has 3 heterocycles. The maximum absolute atomic E-state index is 13.9. The minimum absolute atomic E-state index is 0.00808. The number of aliphatic hydroxyl groups is 1. The van der Waals surface area contributed by atoms with E-state index in [1.807, 2.05) is 36.2 Å². The molecular weight excluding hydrogens is 486 g/mol. The Kier molecular flexibility index (Phi) is 8.07. The highest BCUT2D eigenvalue weighted by Crippen LogP contribution is 2.31. The Bertz CT molecular complexity index is 1290. The molecule has 7 heteroatoms. The summed E-state index contributed by atoms with van der Waals surface area (Å²) in [4.78, 5) is 25.0. The second kappa shape index (κ2) is 11.7. The summed E-state index contributed by atoms with van der Waals surface area (Å²) in [5.74, 6) is 1.10. The van der Waals surface area contributed by atoms with Crippen LogP contribution in [-0.2, 0) is 0 Å². The fourth-order valence-corrected chi connectivity index (χ4v) is 6.15. The number of hydrogen-bond acceptors (Lipinski definition) is 6. The highest BCUT2D eigenvalue weighted by atomic mass is 16.3. The number of pyridine rings is 1. The number of para-hydroxylation sites is 1. The van der Waals surface area contributed by atoms with E-state index in [0.29, 0.717) is 25.7 Å². The molecule has 39 heavy (non-hydrogen) atoms. The summed E-state index contributed by atoms with van der Waals surface area (Å²) in [6, 6.07) is 16.7. The van der Waals surface area contributed by atoms with Crippen molar-refractivity contribution in [2.75, 3.05) is 54.4 Å². The van der Waals surface area contributed by atoms with Gasteiger partial charge < -0.3 is 25.1 Å². The highest BCUT2D eigenvalue weighted by molar-refractivity contribution is 5.99. The van der Waals surface area contributed by atoms with E-state index in [4.69, 9.17) is 0 Å². The third-order valence-corrected chi connectivity index (χ3v) is 8.32. The molecule has 1 amide bonds. The van der Waals surface area contributed by atoms with Crippen LogP contribution < -0.4 is 15.1 Å². The van der Waals surface area contributed by atoms with Crippen LogP contribution in [0.4, 0.5) is 17.2 Å². The fraction of sp³-hybridized carbons (Fsp3) is 0.438. The van der Waals surface area contributed by atoms with Crippen molar-refractivity contribution < 1.29 is 9.90 Å². The number of nitrogens with zero attached hydrogens (tertiary/aromatic N) is 4. The lowest BCUT2D eigenvalue weighted by molar-refractivity contribution is 0.0698. The first-order valence-corrected chi connectivity index (χ1v) is 14.1. The van der Waals surface area contributed by atoms with Gasteiger partial charge in [0.1, 0.15) is 5.82 Å². The molecule has 3 aromatic rings. The van der Waals surface area contributed by atoms with E-state index in [0.717, 1.165) is 59.8 Å². The minimum atomic E-state index is -0.123. The lowest BCUT2D eigenvalue weighted by atomic mass is 9.94. The second-order valence-corrected chi connectivity index (χ2v) is 11.1. The topological polar surface area (TPSA) is 71.9 Å². The Morgan fingerprint density at radius 2 is 1.72 bits per heavy atom. The van der Waals surface area contributed by atoms with Crippen molar-refractivity contribution in [3.05, 3.63) is 82.5 Å². The molecule has 0 unspecified atom stereocenters. The molecule has 1 aromatic heterocycles. The minimum Gasteiger partial charge on any atom is -0.394 e. The van der Waals surface area contributed by atoms with Crippen LogP contribution >= 0.6 is 0 Å². The van der Waals surface area contributed by atoms with Gasteiger partial charge in [-0.05, 0) is 81.0 Å². The predicted molar refractivity (Wildman–Crippen MR) is 159 cm³/mol. The summed E-state index contributed by atoms with van der Waals surface area (Å²) in [5, 5.41) is 14.0. The summed E-state index contributed by atoms with van der Waals surface area (Å²) in [5.41, 5.74) is 7.33. The largest absolute Gasteiger partial charge is 0.394 e. The number of nitrogens with one attached hydrogen (secondary N) is 1. The molecule has 0 radical (unpaired) electrons. The fourth-order valence-electron chi connectivity index (χ4n) is 6.15. The van der Waals surface area contributed by atoms with E-state index in [9.17, 15) is 9.90 Å². The van der Waals surface area contributed by atoms with Gasteiger partial charge in [0, 0.05) is 61.9 Å². The van der Waals surface area contributed by atoms with Gasteiger partial charge in [0.05, 0.1) is 12.6 Å². The first kappa shape index (κ1) is 27.0. The number of anilines is 3. The van der Waals surface area contributed by atoms with Crippen LogP contribution in [0, 0.1) is 27.7 Å². The summed E-state index contributed by atoms with van der Waals surface area (Å²) >= 11 is 0. The molecule has 0 saturated carbocycles. The number of aryl methyl sites for hydroxylation is 3. The zero-order valence-corrected chi connectivity index (χ0v) is 23.7. The number of benzene rings is 2. The van der Waals surface area contributed by atoms with Gasteiger partial charge in [-0.3, -0.25) is 4.79 Å². The molecule has 7 nitrogen and oxygen atoms in total. The number of carbonyl (C=O) groups excluding carboxylic acids is 1. The molecule has 0 aliphatic carbocycles. The summed E-state index contributed by atoms with van der Waals surface area (Å²) in [6.45, 7) is 12.1. The van der Waals surface area contributed by atoms with Crippen LogP contribution in [0.1, 0.15) is 45.5 Å². The van der Waals surface area contributed by atoms with E-state index in [2.05, 4.69) is 71.2 Å². The third kappa shape index (κ3) is 5.74. The van der Waals surface area contributed by atoms with Crippen LogP contribution in [0.15, 0.2) is 54.7 Å². The smallest absolute Gasteiger partial charge is 0.254 e. The Morgan fingerprint density at radius 1 is 0.974 bits per heavy atom.